The molecule has 6 heteroatoms. The fraction of sp³-hybridized carbons (Fsp3) is 0. The fourth-order valence-electron chi connectivity index (χ4n) is 5.60. The minimum absolute atomic E-state index is 0.774. The minimum Gasteiger partial charge on any atom is -0.457 e. The van der Waals surface area contributed by atoms with Gasteiger partial charge in [0, 0.05) is 75.9 Å². The number of ether oxygens (including phenoxy) is 1. The van der Waals surface area contributed by atoms with E-state index in [9.17, 15) is 0 Å². The van der Waals surface area contributed by atoms with Gasteiger partial charge in [0.25, 0.3) is 0 Å². The van der Waals surface area contributed by atoms with Crippen LogP contribution in [0.2, 0.25) is 0 Å². The lowest BCUT2D eigenvalue weighted by atomic mass is 10.0. The number of pyridine rings is 2. The first kappa shape index (κ1) is 22.1. The molecule has 188 valence electrons. The highest BCUT2D eigenvalue weighted by Gasteiger charge is 2.13. The fourth-order valence-corrected chi connectivity index (χ4v) is 7.71. The molecule has 4 nitrogen and oxygen atoms in total. The van der Waals surface area contributed by atoms with Gasteiger partial charge in [-0.3, -0.25) is 9.97 Å². The van der Waals surface area contributed by atoms with Gasteiger partial charge < -0.3 is 9.15 Å². The summed E-state index contributed by atoms with van der Waals surface area (Å²) in [6, 6.07) is 29.5. The Hall–Kier alpha value is -4.78. The van der Waals surface area contributed by atoms with E-state index >= 15 is 0 Å². The highest BCUT2D eigenvalue weighted by molar-refractivity contribution is 7.26. The Labute approximate surface area is 235 Å². The number of aromatic nitrogens is 2. The number of hydrogen-bond donors (Lipinski definition) is 0. The summed E-state index contributed by atoms with van der Waals surface area (Å²) in [6.45, 7) is 0. The molecule has 0 aliphatic carbocycles. The van der Waals surface area contributed by atoms with Crippen molar-refractivity contribution in [3.63, 3.8) is 0 Å². The Morgan fingerprint density at radius 1 is 0.475 bits per heavy atom. The molecular weight excluding hydrogens is 533 g/mol. The highest BCUT2D eigenvalue weighted by Crippen LogP contribution is 2.40. The van der Waals surface area contributed by atoms with Crippen molar-refractivity contribution in [3.8, 4) is 22.6 Å². The predicted octanol–water partition coefficient (Wildman–Crippen LogP) is 10.6. The van der Waals surface area contributed by atoms with Crippen LogP contribution in [0.3, 0.4) is 0 Å². The zero-order chi connectivity index (χ0) is 26.2. The number of rotatable bonds is 3. The molecule has 5 heterocycles. The largest absolute Gasteiger partial charge is 0.457 e. The van der Waals surface area contributed by atoms with E-state index in [1.807, 2.05) is 43.0 Å². The van der Waals surface area contributed by atoms with Crippen molar-refractivity contribution in [2.45, 2.75) is 0 Å². The Morgan fingerprint density at radius 2 is 0.975 bits per heavy atom. The number of nitrogens with zero attached hydrogens (tertiary/aromatic N) is 2. The van der Waals surface area contributed by atoms with Crippen LogP contribution in [0.4, 0.5) is 0 Å². The van der Waals surface area contributed by atoms with E-state index in [-0.39, 0.29) is 0 Å². The van der Waals surface area contributed by atoms with Crippen molar-refractivity contribution < 1.29 is 9.15 Å². The number of thiophene rings is 2. The van der Waals surface area contributed by atoms with E-state index in [4.69, 9.17) is 9.15 Å². The van der Waals surface area contributed by atoms with Gasteiger partial charge in [0.05, 0.1) is 0 Å². The summed E-state index contributed by atoms with van der Waals surface area (Å²) >= 11 is 3.58. The van der Waals surface area contributed by atoms with Gasteiger partial charge in [-0.2, -0.15) is 0 Å². The Balaban J connectivity index is 1.13. The first-order chi connectivity index (χ1) is 19.8. The number of furan rings is 1. The van der Waals surface area contributed by atoms with Crippen molar-refractivity contribution in [2.75, 3.05) is 0 Å². The average molecular weight is 551 g/mol. The van der Waals surface area contributed by atoms with Crippen LogP contribution in [0.1, 0.15) is 0 Å². The third-order valence-corrected chi connectivity index (χ3v) is 9.83. The van der Waals surface area contributed by atoms with Crippen LogP contribution < -0.4 is 4.74 Å². The Morgan fingerprint density at radius 3 is 1.70 bits per heavy atom. The average Bonchev–Trinajstić information content (AvgIpc) is 3.67. The van der Waals surface area contributed by atoms with Crippen molar-refractivity contribution in [1.29, 1.82) is 0 Å². The molecule has 0 saturated heterocycles. The number of fused-ring (bicyclic) bond motifs is 9. The summed E-state index contributed by atoms with van der Waals surface area (Å²) in [5, 5.41) is 6.86. The van der Waals surface area contributed by atoms with Crippen LogP contribution >= 0.6 is 22.7 Å². The molecule has 0 bridgehead atoms. The lowest BCUT2D eigenvalue weighted by Gasteiger charge is -2.06. The van der Waals surface area contributed by atoms with Crippen molar-refractivity contribution in [1.82, 2.24) is 9.97 Å². The molecule has 40 heavy (non-hydrogen) atoms. The van der Waals surface area contributed by atoms with Gasteiger partial charge in [0.1, 0.15) is 22.7 Å². The summed E-state index contributed by atoms with van der Waals surface area (Å²) in [5.74, 6) is 1.57. The minimum atomic E-state index is 0.774. The second-order valence-electron chi connectivity index (χ2n) is 9.89. The standard InChI is InChI=1S/C34H18N2O2S2/c1-5-29-23(13-19(1)20-2-7-31-25(14-20)27-17-35-11-9-33(27)39-31)24-15-21(3-6-30(24)38-29)37-22-4-8-32-26(16-22)28-18-36-12-10-34(28)40-32/h1-18H. The van der Waals surface area contributed by atoms with E-state index in [1.165, 1.54) is 35.1 Å². The lowest BCUT2D eigenvalue weighted by Crippen LogP contribution is -1.84. The van der Waals surface area contributed by atoms with E-state index in [2.05, 4.69) is 76.7 Å². The van der Waals surface area contributed by atoms with Gasteiger partial charge in [0.15, 0.2) is 0 Å². The third-order valence-electron chi connectivity index (χ3n) is 7.52. The molecule has 9 rings (SSSR count). The van der Waals surface area contributed by atoms with Crippen molar-refractivity contribution in [3.05, 3.63) is 110 Å². The first-order valence-electron chi connectivity index (χ1n) is 12.9. The number of benzene rings is 4. The second kappa shape index (κ2) is 8.36. The van der Waals surface area contributed by atoms with E-state index < -0.39 is 0 Å². The number of hydrogen-bond acceptors (Lipinski definition) is 6. The van der Waals surface area contributed by atoms with Crippen molar-refractivity contribution in [2.24, 2.45) is 0 Å². The molecular formula is C34H18N2O2S2. The Bertz CT molecular complexity index is 2430. The van der Waals surface area contributed by atoms with Crippen LogP contribution in [-0.2, 0) is 0 Å². The van der Waals surface area contributed by atoms with Gasteiger partial charge in [-0.05, 0) is 83.9 Å². The molecule has 0 N–H and O–H groups in total. The summed E-state index contributed by atoms with van der Waals surface area (Å²) in [6.07, 6.45) is 7.58. The van der Waals surface area contributed by atoms with E-state index in [1.54, 1.807) is 22.7 Å². The summed E-state index contributed by atoms with van der Waals surface area (Å²) in [4.78, 5) is 8.66. The van der Waals surface area contributed by atoms with Gasteiger partial charge in [-0.15, -0.1) is 22.7 Å². The van der Waals surface area contributed by atoms with Gasteiger partial charge in [0.2, 0.25) is 0 Å². The molecule has 0 unspecified atom stereocenters. The van der Waals surface area contributed by atoms with Crippen LogP contribution in [-0.4, -0.2) is 9.97 Å². The summed E-state index contributed by atoms with van der Waals surface area (Å²) in [7, 11) is 0. The molecule has 9 aromatic rings. The maximum atomic E-state index is 6.36. The van der Waals surface area contributed by atoms with Crippen molar-refractivity contribution >= 4 is 85.0 Å². The lowest BCUT2D eigenvalue weighted by molar-refractivity contribution is 0.484. The normalized spacial score (nSPS) is 12.0. The van der Waals surface area contributed by atoms with Gasteiger partial charge in [-0.1, -0.05) is 12.1 Å². The third kappa shape index (κ3) is 3.37. The SMILES string of the molecule is c1cc2sc3ccc(Oc4ccc5oc6ccc(-c7ccc8sc9ccncc9c8c7)cc6c5c4)cc3c2cn1. The van der Waals surface area contributed by atoms with Crippen LogP contribution in [0, 0.1) is 0 Å². The van der Waals surface area contributed by atoms with Crippen LogP contribution in [0.5, 0.6) is 11.5 Å². The topological polar surface area (TPSA) is 48.2 Å². The summed E-state index contributed by atoms with van der Waals surface area (Å²) in [5.41, 5.74) is 4.02. The molecule has 0 atom stereocenters. The zero-order valence-electron chi connectivity index (χ0n) is 20.9. The summed E-state index contributed by atoms with van der Waals surface area (Å²) < 4.78 is 17.5. The maximum Gasteiger partial charge on any atom is 0.135 e. The molecule has 5 aromatic heterocycles. The highest BCUT2D eigenvalue weighted by atomic mass is 32.1. The van der Waals surface area contributed by atoms with E-state index in [0.29, 0.717) is 0 Å². The molecule has 0 amide bonds. The second-order valence-corrected chi connectivity index (χ2v) is 12.1. The molecule has 0 radical (unpaired) electrons. The smallest absolute Gasteiger partial charge is 0.135 e. The van der Waals surface area contributed by atoms with E-state index in [0.717, 1.165) is 49.8 Å². The maximum absolute atomic E-state index is 6.36. The monoisotopic (exact) mass is 550 g/mol. The van der Waals surface area contributed by atoms with Gasteiger partial charge >= 0.3 is 0 Å². The van der Waals surface area contributed by atoms with Gasteiger partial charge in [-0.25, -0.2) is 0 Å². The van der Waals surface area contributed by atoms with Crippen LogP contribution in [0.25, 0.3) is 73.4 Å². The zero-order valence-corrected chi connectivity index (χ0v) is 22.6. The molecule has 0 fully saturated rings. The molecule has 4 aromatic carbocycles. The van der Waals surface area contributed by atoms with Crippen LogP contribution in [0.15, 0.2) is 114 Å². The molecule has 0 spiro atoms. The predicted molar refractivity (Wildman–Crippen MR) is 167 cm³/mol. The Kier molecular flexibility index (Phi) is 4.61. The first-order valence-corrected chi connectivity index (χ1v) is 14.6. The molecule has 0 saturated carbocycles. The molecule has 0 aliphatic rings. The molecule has 0 aliphatic heterocycles. The quantitative estimate of drug-likeness (QED) is 0.219.